The van der Waals surface area contributed by atoms with Crippen molar-refractivity contribution in [3.8, 4) is 11.6 Å². The zero-order chi connectivity index (χ0) is 14.4. The highest BCUT2D eigenvalue weighted by Crippen LogP contribution is 2.26. The van der Waals surface area contributed by atoms with Crippen LogP contribution in [0.25, 0.3) is 33.5 Å². The number of H-pyrrole nitrogens is 1. The van der Waals surface area contributed by atoms with Crippen LogP contribution in [0.5, 0.6) is 0 Å². The molecule has 4 heteroatoms. The molecular weight excluding hydrogens is 264 g/mol. The lowest BCUT2D eigenvalue weighted by Gasteiger charge is -1.99. The SMILES string of the molecule is Cc1ccc2oc(-c3nc4ccccc4c(=O)[nH]3)cc2c1. The number of hydrogen-bond acceptors (Lipinski definition) is 3. The summed E-state index contributed by atoms with van der Waals surface area (Å²) in [6, 6.07) is 15.1. The van der Waals surface area contributed by atoms with Crippen LogP contribution in [0, 0.1) is 6.92 Å². The van der Waals surface area contributed by atoms with Gasteiger partial charge in [0.1, 0.15) is 5.58 Å². The van der Waals surface area contributed by atoms with E-state index in [0.29, 0.717) is 22.5 Å². The molecule has 4 aromatic rings. The van der Waals surface area contributed by atoms with Crippen molar-refractivity contribution in [2.24, 2.45) is 0 Å². The molecule has 0 aliphatic carbocycles. The number of rotatable bonds is 1. The zero-order valence-corrected chi connectivity index (χ0v) is 11.4. The minimum absolute atomic E-state index is 0.160. The Labute approximate surface area is 120 Å². The molecule has 0 aliphatic rings. The average Bonchev–Trinajstić information content (AvgIpc) is 2.90. The summed E-state index contributed by atoms with van der Waals surface area (Å²) in [5.41, 5.74) is 2.45. The number of hydrogen-bond donors (Lipinski definition) is 1. The Morgan fingerprint density at radius 1 is 1.10 bits per heavy atom. The molecule has 0 unspecified atom stereocenters. The second kappa shape index (κ2) is 4.31. The molecule has 2 aromatic carbocycles. The van der Waals surface area contributed by atoms with Gasteiger partial charge in [-0.25, -0.2) is 4.98 Å². The molecule has 21 heavy (non-hydrogen) atoms. The minimum atomic E-state index is -0.160. The molecule has 0 bridgehead atoms. The van der Waals surface area contributed by atoms with Crippen LogP contribution in [-0.2, 0) is 0 Å². The summed E-state index contributed by atoms with van der Waals surface area (Å²) in [6.07, 6.45) is 0. The normalized spacial score (nSPS) is 11.3. The fourth-order valence-electron chi connectivity index (χ4n) is 2.48. The van der Waals surface area contributed by atoms with Crippen molar-refractivity contribution < 1.29 is 4.42 Å². The van der Waals surface area contributed by atoms with E-state index in [1.165, 1.54) is 0 Å². The van der Waals surface area contributed by atoms with Gasteiger partial charge < -0.3 is 9.40 Å². The number of para-hydroxylation sites is 1. The molecule has 0 fully saturated rings. The van der Waals surface area contributed by atoms with Gasteiger partial charge in [0.05, 0.1) is 10.9 Å². The Hall–Kier alpha value is -2.88. The van der Waals surface area contributed by atoms with Crippen LogP contribution in [0.4, 0.5) is 0 Å². The number of nitrogens with one attached hydrogen (secondary N) is 1. The van der Waals surface area contributed by atoms with E-state index in [1.54, 1.807) is 6.07 Å². The highest BCUT2D eigenvalue weighted by atomic mass is 16.3. The van der Waals surface area contributed by atoms with E-state index >= 15 is 0 Å². The predicted octanol–water partition coefficient (Wildman–Crippen LogP) is 3.64. The molecule has 2 aromatic heterocycles. The van der Waals surface area contributed by atoms with Gasteiger partial charge in [-0.2, -0.15) is 0 Å². The van der Waals surface area contributed by atoms with Crippen molar-refractivity contribution in [1.82, 2.24) is 9.97 Å². The highest BCUT2D eigenvalue weighted by molar-refractivity contribution is 5.84. The number of benzene rings is 2. The molecule has 0 saturated heterocycles. The van der Waals surface area contributed by atoms with Gasteiger partial charge in [-0.15, -0.1) is 0 Å². The van der Waals surface area contributed by atoms with Crippen molar-refractivity contribution in [3.05, 3.63) is 64.4 Å². The van der Waals surface area contributed by atoms with E-state index in [4.69, 9.17) is 4.42 Å². The Morgan fingerprint density at radius 3 is 2.86 bits per heavy atom. The first-order valence-corrected chi connectivity index (χ1v) is 6.70. The van der Waals surface area contributed by atoms with Crippen molar-refractivity contribution in [1.29, 1.82) is 0 Å². The summed E-state index contributed by atoms with van der Waals surface area (Å²) in [7, 11) is 0. The quantitative estimate of drug-likeness (QED) is 0.577. The fourth-order valence-corrected chi connectivity index (χ4v) is 2.48. The van der Waals surface area contributed by atoms with E-state index in [-0.39, 0.29) is 5.56 Å². The van der Waals surface area contributed by atoms with E-state index < -0.39 is 0 Å². The van der Waals surface area contributed by atoms with Crippen LogP contribution in [-0.4, -0.2) is 9.97 Å². The van der Waals surface area contributed by atoms with Gasteiger partial charge in [-0.1, -0.05) is 23.8 Å². The third kappa shape index (κ3) is 1.92. The van der Waals surface area contributed by atoms with Crippen molar-refractivity contribution in [2.45, 2.75) is 6.92 Å². The Balaban J connectivity index is 1.97. The van der Waals surface area contributed by atoms with E-state index in [1.807, 2.05) is 49.4 Å². The van der Waals surface area contributed by atoms with Crippen LogP contribution in [0.1, 0.15) is 5.56 Å². The zero-order valence-electron chi connectivity index (χ0n) is 11.4. The number of aryl methyl sites for hydroxylation is 1. The summed E-state index contributed by atoms with van der Waals surface area (Å²) in [6.45, 7) is 2.03. The Morgan fingerprint density at radius 2 is 1.95 bits per heavy atom. The second-order valence-electron chi connectivity index (χ2n) is 5.08. The van der Waals surface area contributed by atoms with Crippen LogP contribution >= 0.6 is 0 Å². The topological polar surface area (TPSA) is 58.9 Å². The van der Waals surface area contributed by atoms with Gasteiger partial charge in [0.25, 0.3) is 5.56 Å². The summed E-state index contributed by atoms with van der Waals surface area (Å²) in [4.78, 5) is 19.4. The third-order valence-electron chi connectivity index (χ3n) is 3.52. The maximum atomic E-state index is 12.1. The minimum Gasteiger partial charge on any atom is -0.453 e. The summed E-state index contributed by atoms with van der Waals surface area (Å²) < 4.78 is 5.78. The van der Waals surface area contributed by atoms with Crippen molar-refractivity contribution in [2.75, 3.05) is 0 Å². The lowest BCUT2D eigenvalue weighted by Crippen LogP contribution is -2.08. The van der Waals surface area contributed by atoms with E-state index in [0.717, 1.165) is 16.5 Å². The molecule has 102 valence electrons. The maximum Gasteiger partial charge on any atom is 0.259 e. The molecule has 0 amide bonds. The molecule has 0 atom stereocenters. The molecule has 1 N–H and O–H groups in total. The van der Waals surface area contributed by atoms with Gasteiger partial charge in [0.2, 0.25) is 0 Å². The van der Waals surface area contributed by atoms with Crippen molar-refractivity contribution in [3.63, 3.8) is 0 Å². The van der Waals surface area contributed by atoms with Gasteiger partial charge in [0.15, 0.2) is 11.6 Å². The molecular formula is C17H12N2O2. The van der Waals surface area contributed by atoms with Crippen LogP contribution in [0.15, 0.2) is 57.7 Å². The number of furan rings is 1. The molecule has 0 spiro atoms. The van der Waals surface area contributed by atoms with Crippen LogP contribution < -0.4 is 5.56 Å². The Bertz CT molecular complexity index is 1030. The first-order valence-electron chi connectivity index (χ1n) is 6.70. The smallest absolute Gasteiger partial charge is 0.259 e. The van der Waals surface area contributed by atoms with Crippen molar-refractivity contribution >= 4 is 21.9 Å². The molecule has 4 rings (SSSR count). The van der Waals surface area contributed by atoms with Crippen LogP contribution in [0.2, 0.25) is 0 Å². The van der Waals surface area contributed by atoms with E-state index in [2.05, 4.69) is 9.97 Å². The second-order valence-corrected chi connectivity index (χ2v) is 5.08. The van der Waals surface area contributed by atoms with Gasteiger partial charge in [-0.05, 0) is 37.3 Å². The third-order valence-corrected chi connectivity index (χ3v) is 3.52. The monoisotopic (exact) mass is 276 g/mol. The summed E-state index contributed by atoms with van der Waals surface area (Å²) in [5.74, 6) is 1.02. The number of fused-ring (bicyclic) bond motifs is 2. The van der Waals surface area contributed by atoms with Crippen LogP contribution in [0.3, 0.4) is 0 Å². The largest absolute Gasteiger partial charge is 0.453 e. The number of aromatic amines is 1. The molecule has 0 saturated carbocycles. The highest BCUT2D eigenvalue weighted by Gasteiger charge is 2.10. The van der Waals surface area contributed by atoms with Gasteiger partial charge in [0, 0.05) is 5.39 Å². The summed E-state index contributed by atoms with van der Waals surface area (Å²) in [5, 5.41) is 1.58. The lowest BCUT2D eigenvalue weighted by molar-refractivity contribution is 0.625. The first kappa shape index (κ1) is 11.9. The number of nitrogens with zero attached hydrogens (tertiary/aromatic N) is 1. The van der Waals surface area contributed by atoms with Gasteiger partial charge in [-0.3, -0.25) is 4.79 Å². The average molecular weight is 276 g/mol. The summed E-state index contributed by atoms with van der Waals surface area (Å²) >= 11 is 0. The Kier molecular flexibility index (Phi) is 2.44. The predicted molar refractivity (Wildman–Crippen MR) is 82.3 cm³/mol. The van der Waals surface area contributed by atoms with E-state index in [9.17, 15) is 4.79 Å². The fraction of sp³-hybridized carbons (Fsp3) is 0.0588. The maximum absolute atomic E-state index is 12.1. The number of aromatic nitrogens is 2. The molecule has 2 heterocycles. The molecule has 4 nitrogen and oxygen atoms in total. The lowest BCUT2D eigenvalue weighted by atomic mass is 10.2. The standard InChI is InChI=1S/C17H12N2O2/c1-10-6-7-14-11(8-10)9-15(21-14)16-18-13-5-3-2-4-12(13)17(20)19-16/h2-9H,1H3,(H,18,19,20). The van der Waals surface area contributed by atoms with Gasteiger partial charge >= 0.3 is 0 Å². The molecule has 0 radical (unpaired) electrons. The molecule has 0 aliphatic heterocycles. The first-order chi connectivity index (χ1) is 10.2.